The first-order valence-corrected chi connectivity index (χ1v) is 5.03. The van der Waals surface area contributed by atoms with E-state index in [4.69, 9.17) is 5.73 Å². The van der Waals surface area contributed by atoms with Gasteiger partial charge in [-0.2, -0.15) is 0 Å². The van der Waals surface area contributed by atoms with Crippen LogP contribution < -0.4 is 5.73 Å². The minimum atomic E-state index is 0.749. The van der Waals surface area contributed by atoms with Crippen LogP contribution in [0.4, 0.5) is 0 Å². The van der Waals surface area contributed by atoms with E-state index in [9.17, 15) is 0 Å². The van der Waals surface area contributed by atoms with Crippen molar-refractivity contribution in [2.75, 3.05) is 20.1 Å². The van der Waals surface area contributed by atoms with E-state index in [1.54, 1.807) is 0 Å². The molecule has 2 N–H and O–H groups in total. The number of rotatable bonds is 3. The Kier molecular flexibility index (Phi) is 3.53. The molecule has 0 bridgehead atoms. The van der Waals surface area contributed by atoms with Gasteiger partial charge in [0.05, 0.1) is 0 Å². The summed E-state index contributed by atoms with van der Waals surface area (Å²) in [5.74, 6) is 1.56. The van der Waals surface area contributed by atoms with Gasteiger partial charge in [0.2, 0.25) is 0 Å². The quantitative estimate of drug-likeness (QED) is 0.692. The predicted molar refractivity (Wildman–Crippen MR) is 53.0 cm³/mol. The fourth-order valence-corrected chi connectivity index (χ4v) is 2.19. The summed E-state index contributed by atoms with van der Waals surface area (Å²) in [7, 11) is 2.22. The molecule has 1 rings (SSSR count). The Bertz CT molecular complexity index is 134. The maximum atomic E-state index is 5.66. The van der Waals surface area contributed by atoms with Gasteiger partial charge in [-0.25, -0.2) is 0 Å². The topological polar surface area (TPSA) is 29.3 Å². The number of likely N-dealkylation sites (tertiary alicyclic amines) is 1. The Morgan fingerprint density at radius 2 is 2.17 bits per heavy atom. The highest BCUT2D eigenvalue weighted by atomic mass is 15.2. The minimum Gasteiger partial charge on any atom is -0.330 e. The zero-order valence-electron chi connectivity index (χ0n) is 8.59. The summed E-state index contributed by atoms with van der Waals surface area (Å²) in [5, 5.41) is 0. The lowest BCUT2D eigenvalue weighted by Crippen LogP contribution is -2.26. The fourth-order valence-electron chi connectivity index (χ4n) is 2.19. The molecule has 1 fully saturated rings. The predicted octanol–water partition coefficient (Wildman–Crippen LogP) is 1.31. The monoisotopic (exact) mass is 170 g/mol. The molecule has 1 saturated heterocycles. The van der Waals surface area contributed by atoms with E-state index in [2.05, 4.69) is 25.8 Å². The van der Waals surface area contributed by atoms with Crippen molar-refractivity contribution in [3.8, 4) is 0 Å². The van der Waals surface area contributed by atoms with Crippen LogP contribution in [0.15, 0.2) is 0 Å². The molecule has 0 saturated carbocycles. The molecule has 2 atom stereocenters. The second kappa shape index (κ2) is 4.24. The van der Waals surface area contributed by atoms with Gasteiger partial charge < -0.3 is 10.6 Å². The lowest BCUT2D eigenvalue weighted by atomic mass is 9.98. The van der Waals surface area contributed by atoms with Crippen molar-refractivity contribution in [2.24, 2.45) is 17.6 Å². The van der Waals surface area contributed by atoms with Gasteiger partial charge in [-0.3, -0.25) is 0 Å². The van der Waals surface area contributed by atoms with Gasteiger partial charge >= 0.3 is 0 Å². The zero-order valence-corrected chi connectivity index (χ0v) is 8.59. The van der Waals surface area contributed by atoms with E-state index in [1.165, 1.54) is 19.4 Å². The van der Waals surface area contributed by atoms with Crippen LogP contribution in [0.5, 0.6) is 0 Å². The molecule has 2 nitrogen and oxygen atoms in total. The molecule has 12 heavy (non-hydrogen) atoms. The van der Waals surface area contributed by atoms with Gasteiger partial charge in [-0.15, -0.1) is 0 Å². The summed E-state index contributed by atoms with van der Waals surface area (Å²) >= 11 is 0. The second-order valence-electron chi connectivity index (χ2n) is 4.56. The summed E-state index contributed by atoms with van der Waals surface area (Å²) in [4.78, 5) is 2.47. The van der Waals surface area contributed by atoms with E-state index in [0.717, 1.165) is 24.4 Å². The molecular formula is C10H22N2. The van der Waals surface area contributed by atoms with Crippen molar-refractivity contribution in [3.05, 3.63) is 0 Å². The highest BCUT2D eigenvalue weighted by Gasteiger charge is 2.28. The highest BCUT2D eigenvalue weighted by molar-refractivity contribution is 4.83. The van der Waals surface area contributed by atoms with Crippen molar-refractivity contribution in [1.29, 1.82) is 0 Å². The third-order valence-corrected chi connectivity index (χ3v) is 2.85. The lowest BCUT2D eigenvalue weighted by molar-refractivity contribution is 0.271. The van der Waals surface area contributed by atoms with Crippen molar-refractivity contribution in [1.82, 2.24) is 4.90 Å². The highest BCUT2D eigenvalue weighted by Crippen LogP contribution is 2.25. The van der Waals surface area contributed by atoms with Crippen molar-refractivity contribution >= 4 is 0 Å². The lowest BCUT2D eigenvalue weighted by Gasteiger charge is -2.20. The number of hydrogen-bond donors (Lipinski definition) is 1. The third-order valence-electron chi connectivity index (χ3n) is 2.85. The summed E-state index contributed by atoms with van der Waals surface area (Å²) in [6, 6.07) is 0.790. The minimum absolute atomic E-state index is 0.749. The first-order valence-electron chi connectivity index (χ1n) is 5.03. The number of hydrogen-bond acceptors (Lipinski definition) is 2. The van der Waals surface area contributed by atoms with E-state index < -0.39 is 0 Å². The maximum Gasteiger partial charge on any atom is 0.00983 e. The van der Waals surface area contributed by atoms with Crippen molar-refractivity contribution in [3.63, 3.8) is 0 Å². The van der Waals surface area contributed by atoms with E-state index in [0.29, 0.717) is 0 Å². The standard InChI is InChI=1S/C10H22N2/c1-8(2)4-10-5-9(6-11)7-12(10)3/h8-10H,4-7,11H2,1-3H3/t9-,10+/m0/s1. The van der Waals surface area contributed by atoms with Crippen LogP contribution in [-0.2, 0) is 0 Å². The smallest absolute Gasteiger partial charge is 0.00983 e. The maximum absolute atomic E-state index is 5.66. The van der Waals surface area contributed by atoms with Gasteiger partial charge in [0.1, 0.15) is 0 Å². The van der Waals surface area contributed by atoms with E-state index in [1.807, 2.05) is 0 Å². The summed E-state index contributed by atoms with van der Waals surface area (Å²) in [6.07, 6.45) is 2.64. The van der Waals surface area contributed by atoms with Crippen LogP contribution in [0.1, 0.15) is 26.7 Å². The van der Waals surface area contributed by atoms with E-state index in [-0.39, 0.29) is 0 Å². The molecule has 0 aliphatic carbocycles. The number of nitrogens with two attached hydrogens (primary N) is 1. The van der Waals surface area contributed by atoms with Gasteiger partial charge in [0, 0.05) is 12.6 Å². The van der Waals surface area contributed by atoms with Gasteiger partial charge in [-0.1, -0.05) is 13.8 Å². The molecule has 0 aromatic heterocycles. The third kappa shape index (κ3) is 2.46. The molecule has 0 amide bonds. The molecular weight excluding hydrogens is 148 g/mol. The SMILES string of the molecule is CC(C)C[C@@H]1C[C@@H](CN)CN1C. The van der Waals surface area contributed by atoms with Gasteiger partial charge in [0.15, 0.2) is 0 Å². The van der Waals surface area contributed by atoms with Gasteiger partial charge in [-0.05, 0) is 38.3 Å². The van der Waals surface area contributed by atoms with Crippen molar-refractivity contribution in [2.45, 2.75) is 32.7 Å². The molecule has 0 aromatic rings. The molecule has 1 heterocycles. The summed E-state index contributed by atoms with van der Waals surface area (Å²) in [6.45, 7) is 6.65. The Hall–Kier alpha value is -0.0800. The van der Waals surface area contributed by atoms with Crippen LogP contribution in [-0.4, -0.2) is 31.1 Å². The van der Waals surface area contributed by atoms with Crippen LogP contribution in [0.3, 0.4) is 0 Å². The zero-order chi connectivity index (χ0) is 9.14. The van der Waals surface area contributed by atoms with Crippen molar-refractivity contribution < 1.29 is 0 Å². The van der Waals surface area contributed by atoms with Crippen LogP contribution in [0.2, 0.25) is 0 Å². The van der Waals surface area contributed by atoms with Crippen LogP contribution >= 0.6 is 0 Å². The molecule has 72 valence electrons. The molecule has 2 heteroatoms. The average Bonchev–Trinajstić information content (AvgIpc) is 2.31. The Balaban J connectivity index is 2.35. The Labute approximate surface area is 76.1 Å². The largest absolute Gasteiger partial charge is 0.330 e. The molecule has 1 aliphatic rings. The molecule has 0 unspecified atom stereocenters. The summed E-state index contributed by atoms with van der Waals surface area (Å²) in [5.41, 5.74) is 5.66. The molecule has 0 aromatic carbocycles. The van der Waals surface area contributed by atoms with Crippen LogP contribution in [0, 0.1) is 11.8 Å². The first-order chi connectivity index (χ1) is 5.63. The van der Waals surface area contributed by atoms with E-state index >= 15 is 0 Å². The molecule has 0 spiro atoms. The molecule has 0 radical (unpaired) electrons. The normalized spacial score (nSPS) is 31.8. The number of nitrogens with zero attached hydrogens (tertiary/aromatic N) is 1. The van der Waals surface area contributed by atoms with Gasteiger partial charge in [0.25, 0.3) is 0 Å². The first kappa shape index (κ1) is 10.0. The van der Waals surface area contributed by atoms with Crippen LogP contribution in [0.25, 0.3) is 0 Å². The summed E-state index contributed by atoms with van der Waals surface area (Å²) < 4.78 is 0. The fraction of sp³-hybridized carbons (Fsp3) is 1.00. The second-order valence-corrected chi connectivity index (χ2v) is 4.56. The Morgan fingerprint density at radius 3 is 2.58 bits per heavy atom. The molecule has 1 aliphatic heterocycles. The Morgan fingerprint density at radius 1 is 1.50 bits per heavy atom. The average molecular weight is 170 g/mol.